The molecule has 0 amide bonds. The fourth-order valence-corrected chi connectivity index (χ4v) is 4.06. The van der Waals surface area contributed by atoms with Crippen molar-refractivity contribution in [3.63, 3.8) is 0 Å². The molecule has 124 valence electrons. The van der Waals surface area contributed by atoms with E-state index >= 15 is 0 Å². The molecule has 23 heavy (non-hydrogen) atoms. The molecular weight excluding hydrogens is 318 g/mol. The van der Waals surface area contributed by atoms with Crippen molar-refractivity contribution >= 4 is 10.0 Å². The van der Waals surface area contributed by atoms with Crippen molar-refractivity contribution in [2.45, 2.75) is 30.9 Å². The Morgan fingerprint density at radius 1 is 1.39 bits per heavy atom. The zero-order chi connectivity index (χ0) is 16.4. The van der Waals surface area contributed by atoms with E-state index in [0.29, 0.717) is 24.8 Å². The van der Waals surface area contributed by atoms with Crippen LogP contribution in [0.15, 0.2) is 29.8 Å². The highest BCUT2D eigenvalue weighted by atomic mass is 32.2. The van der Waals surface area contributed by atoms with Gasteiger partial charge in [0.25, 0.3) is 10.0 Å². The number of rotatable bonds is 4. The predicted octanol–water partition coefficient (Wildman–Crippen LogP) is 0.751. The van der Waals surface area contributed by atoms with E-state index < -0.39 is 10.0 Å². The molecule has 0 aliphatic carbocycles. The first-order valence-corrected chi connectivity index (χ1v) is 8.83. The third kappa shape index (κ3) is 3.35. The third-order valence-corrected chi connectivity index (χ3v) is 5.61. The van der Waals surface area contributed by atoms with E-state index in [-0.39, 0.29) is 11.1 Å². The zero-order valence-electron chi connectivity index (χ0n) is 13.1. The van der Waals surface area contributed by atoms with E-state index in [9.17, 15) is 8.42 Å². The van der Waals surface area contributed by atoms with Crippen LogP contribution in [-0.2, 0) is 17.1 Å². The summed E-state index contributed by atoms with van der Waals surface area (Å²) < 4.78 is 34.3. The van der Waals surface area contributed by atoms with Gasteiger partial charge in [0.05, 0.1) is 6.54 Å². The van der Waals surface area contributed by atoms with Crippen LogP contribution in [0.2, 0.25) is 0 Å². The van der Waals surface area contributed by atoms with Gasteiger partial charge in [-0.05, 0) is 19.8 Å². The first-order chi connectivity index (χ1) is 11.0. The number of ether oxygens (including phenoxy) is 1. The van der Waals surface area contributed by atoms with Crippen molar-refractivity contribution in [1.82, 2.24) is 23.8 Å². The van der Waals surface area contributed by atoms with Gasteiger partial charge in [0, 0.05) is 32.1 Å². The van der Waals surface area contributed by atoms with Crippen molar-refractivity contribution in [1.29, 1.82) is 0 Å². The van der Waals surface area contributed by atoms with Crippen molar-refractivity contribution in [3.05, 3.63) is 30.6 Å². The first kappa shape index (κ1) is 15.9. The SMILES string of the molecule is Cc1nc(S(=O)(=O)N2CCC[C@H](Oc3ccncn3)C2)cn1C. The molecule has 1 fully saturated rings. The molecule has 0 aromatic carbocycles. The van der Waals surface area contributed by atoms with Gasteiger partial charge in [0.15, 0.2) is 5.03 Å². The van der Waals surface area contributed by atoms with E-state index in [4.69, 9.17) is 4.74 Å². The maximum Gasteiger partial charge on any atom is 0.262 e. The summed E-state index contributed by atoms with van der Waals surface area (Å²) in [6.07, 6.45) is 5.84. The van der Waals surface area contributed by atoms with E-state index in [1.807, 2.05) is 0 Å². The molecular formula is C14H19N5O3S. The number of nitrogens with zero attached hydrogens (tertiary/aromatic N) is 5. The normalized spacial score (nSPS) is 19.7. The molecule has 2 aromatic rings. The van der Waals surface area contributed by atoms with Gasteiger partial charge < -0.3 is 9.30 Å². The first-order valence-electron chi connectivity index (χ1n) is 7.39. The van der Waals surface area contributed by atoms with E-state index in [2.05, 4.69) is 15.0 Å². The van der Waals surface area contributed by atoms with Crippen LogP contribution in [0.25, 0.3) is 0 Å². The molecule has 3 rings (SSSR count). The number of aromatic nitrogens is 4. The average molecular weight is 337 g/mol. The standard InChI is InChI=1S/C14H19N5O3S/c1-11-17-14(9-18(11)2)23(20,21)19-7-3-4-12(8-19)22-13-5-6-15-10-16-13/h5-6,9-10,12H,3-4,7-8H2,1-2H3/t12-/m0/s1. The Labute approximate surface area is 135 Å². The lowest BCUT2D eigenvalue weighted by Gasteiger charge is -2.31. The summed E-state index contributed by atoms with van der Waals surface area (Å²) in [6.45, 7) is 2.54. The lowest BCUT2D eigenvalue weighted by atomic mass is 10.1. The molecule has 1 saturated heterocycles. The van der Waals surface area contributed by atoms with Crippen LogP contribution >= 0.6 is 0 Å². The summed E-state index contributed by atoms with van der Waals surface area (Å²) in [5.74, 6) is 1.12. The highest BCUT2D eigenvalue weighted by Crippen LogP contribution is 2.22. The Bertz CT molecular complexity index is 755. The summed E-state index contributed by atoms with van der Waals surface area (Å²) >= 11 is 0. The highest BCUT2D eigenvalue weighted by molar-refractivity contribution is 7.89. The van der Waals surface area contributed by atoms with Crippen LogP contribution in [0.3, 0.4) is 0 Å². The summed E-state index contributed by atoms with van der Waals surface area (Å²) in [7, 11) is -1.82. The second-order valence-corrected chi connectivity index (χ2v) is 7.41. The Balaban J connectivity index is 1.75. The second-order valence-electron chi connectivity index (χ2n) is 5.53. The summed E-state index contributed by atoms with van der Waals surface area (Å²) in [4.78, 5) is 12.0. The molecule has 1 aliphatic rings. The van der Waals surface area contributed by atoms with Gasteiger partial charge in [0.1, 0.15) is 18.3 Å². The van der Waals surface area contributed by atoms with Gasteiger partial charge >= 0.3 is 0 Å². The Kier molecular flexibility index (Phi) is 4.31. The third-order valence-electron chi connectivity index (χ3n) is 3.87. The number of hydrogen-bond acceptors (Lipinski definition) is 6. The monoisotopic (exact) mass is 337 g/mol. The van der Waals surface area contributed by atoms with Gasteiger partial charge in [0.2, 0.25) is 5.88 Å². The van der Waals surface area contributed by atoms with Crippen molar-refractivity contribution in [2.24, 2.45) is 7.05 Å². The maximum atomic E-state index is 12.7. The van der Waals surface area contributed by atoms with Gasteiger partial charge in [-0.2, -0.15) is 4.31 Å². The average Bonchev–Trinajstić information content (AvgIpc) is 2.89. The summed E-state index contributed by atoms with van der Waals surface area (Å²) in [5.41, 5.74) is 0. The zero-order valence-corrected chi connectivity index (χ0v) is 13.9. The van der Waals surface area contributed by atoms with Crippen LogP contribution < -0.4 is 4.74 Å². The smallest absolute Gasteiger partial charge is 0.262 e. The van der Waals surface area contributed by atoms with Crippen molar-refractivity contribution in [3.8, 4) is 5.88 Å². The Hall–Kier alpha value is -2.00. The maximum absolute atomic E-state index is 12.7. The van der Waals surface area contributed by atoms with Crippen LogP contribution in [0.5, 0.6) is 5.88 Å². The number of aryl methyl sites for hydroxylation is 2. The molecule has 0 unspecified atom stereocenters. The lowest BCUT2D eigenvalue weighted by Crippen LogP contribution is -2.44. The molecule has 0 saturated carbocycles. The predicted molar refractivity (Wildman–Crippen MR) is 82.4 cm³/mol. The molecule has 0 radical (unpaired) electrons. The largest absolute Gasteiger partial charge is 0.473 e. The minimum absolute atomic E-state index is 0.0835. The fraction of sp³-hybridized carbons (Fsp3) is 0.500. The van der Waals surface area contributed by atoms with Crippen molar-refractivity contribution in [2.75, 3.05) is 13.1 Å². The van der Waals surface area contributed by atoms with Crippen LogP contribution in [0, 0.1) is 6.92 Å². The highest BCUT2D eigenvalue weighted by Gasteiger charge is 2.33. The molecule has 9 heteroatoms. The molecule has 0 bridgehead atoms. The molecule has 3 heterocycles. The van der Waals surface area contributed by atoms with Gasteiger partial charge in [-0.25, -0.2) is 23.4 Å². The molecule has 0 spiro atoms. The molecule has 1 aliphatic heterocycles. The van der Waals surface area contributed by atoms with Crippen molar-refractivity contribution < 1.29 is 13.2 Å². The summed E-state index contributed by atoms with van der Waals surface area (Å²) in [6, 6.07) is 1.66. The molecule has 8 nitrogen and oxygen atoms in total. The topological polar surface area (TPSA) is 90.2 Å². The Morgan fingerprint density at radius 2 is 2.22 bits per heavy atom. The lowest BCUT2D eigenvalue weighted by molar-refractivity contribution is 0.124. The molecule has 2 aromatic heterocycles. The van der Waals surface area contributed by atoms with E-state index in [1.165, 1.54) is 10.6 Å². The summed E-state index contributed by atoms with van der Waals surface area (Å²) in [5, 5.41) is 0.0835. The fourth-order valence-electron chi connectivity index (χ4n) is 2.52. The van der Waals surface area contributed by atoms with Gasteiger partial charge in [-0.3, -0.25) is 0 Å². The number of piperidine rings is 1. The van der Waals surface area contributed by atoms with Crippen LogP contribution in [0.4, 0.5) is 0 Å². The van der Waals surface area contributed by atoms with E-state index in [1.54, 1.807) is 37.0 Å². The molecule has 1 atom stereocenters. The Morgan fingerprint density at radius 3 is 2.87 bits per heavy atom. The quantitative estimate of drug-likeness (QED) is 0.818. The second kappa shape index (κ2) is 6.25. The molecule has 0 N–H and O–H groups in total. The van der Waals surface area contributed by atoms with Crippen LogP contribution in [0.1, 0.15) is 18.7 Å². The van der Waals surface area contributed by atoms with Gasteiger partial charge in [-0.1, -0.05) is 0 Å². The number of imidazole rings is 1. The minimum atomic E-state index is -3.60. The number of hydrogen-bond donors (Lipinski definition) is 0. The minimum Gasteiger partial charge on any atom is -0.473 e. The number of sulfonamides is 1. The van der Waals surface area contributed by atoms with E-state index in [0.717, 1.165) is 12.8 Å². The van der Waals surface area contributed by atoms with Crippen LogP contribution in [-0.4, -0.2) is 51.4 Å². The van der Waals surface area contributed by atoms with Gasteiger partial charge in [-0.15, -0.1) is 0 Å².